The van der Waals surface area contributed by atoms with E-state index < -0.39 is 0 Å². The van der Waals surface area contributed by atoms with Crippen LogP contribution >= 0.6 is 11.3 Å². The lowest BCUT2D eigenvalue weighted by molar-refractivity contribution is 0.397. The number of hydrogen-bond acceptors (Lipinski definition) is 3. The van der Waals surface area contributed by atoms with Crippen LogP contribution in [0.4, 0.5) is 0 Å². The van der Waals surface area contributed by atoms with Gasteiger partial charge < -0.3 is 4.74 Å². The summed E-state index contributed by atoms with van der Waals surface area (Å²) in [6.45, 7) is 0. The van der Waals surface area contributed by atoms with E-state index in [0.29, 0.717) is 5.88 Å². The summed E-state index contributed by atoms with van der Waals surface area (Å²) in [4.78, 5) is 5.24. The first-order valence-corrected chi connectivity index (χ1v) is 5.33. The lowest BCUT2D eigenvalue weighted by Crippen LogP contribution is -1.88. The third-order valence-corrected chi connectivity index (χ3v) is 2.55. The Balaban J connectivity index is 2.23. The van der Waals surface area contributed by atoms with Gasteiger partial charge in [0.25, 0.3) is 0 Å². The van der Waals surface area contributed by atoms with Crippen molar-refractivity contribution in [3.05, 3.63) is 46.3 Å². The van der Waals surface area contributed by atoms with Gasteiger partial charge in [-0.05, 0) is 29.4 Å². The Morgan fingerprint density at radius 3 is 2.87 bits per heavy atom. The number of thiophene rings is 1. The number of hydrogen-bond donors (Lipinski definition) is 0. The van der Waals surface area contributed by atoms with Gasteiger partial charge in [0, 0.05) is 6.07 Å². The average molecular weight is 215 g/mol. The van der Waals surface area contributed by atoms with Crippen molar-refractivity contribution < 1.29 is 4.74 Å². The Kier molecular flexibility index (Phi) is 3.01. The number of rotatable bonds is 1. The molecule has 2 aromatic heterocycles. The molecular formula is C12H9NOS. The second kappa shape index (κ2) is 4.63. The molecule has 2 rings (SSSR count). The molecule has 0 unspecified atom stereocenters. The van der Waals surface area contributed by atoms with Crippen molar-refractivity contribution in [3.8, 4) is 17.7 Å². The van der Waals surface area contributed by atoms with Gasteiger partial charge in [0.15, 0.2) is 0 Å². The highest BCUT2D eigenvalue weighted by Crippen LogP contribution is 2.08. The first-order valence-electron chi connectivity index (χ1n) is 4.45. The Labute approximate surface area is 92.6 Å². The highest BCUT2D eigenvalue weighted by Gasteiger charge is 1.93. The summed E-state index contributed by atoms with van der Waals surface area (Å²) < 4.78 is 5.02. The van der Waals surface area contributed by atoms with Crippen LogP contribution in [0.2, 0.25) is 0 Å². The molecule has 0 radical (unpaired) electrons. The molecule has 15 heavy (non-hydrogen) atoms. The van der Waals surface area contributed by atoms with E-state index in [0.717, 1.165) is 10.6 Å². The van der Waals surface area contributed by atoms with E-state index in [4.69, 9.17) is 4.74 Å². The van der Waals surface area contributed by atoms with Gasteiger partial charge in [0.05, 0.1) is 12.0 Å². The van der Waals surface area contributed by atoms with Gasteiger partial charge in [-0.1, -0.05) is 12.1 Å². The van der Waals surface area contributed by atoms with Crippen LogP contribution in [0.3, 0.4) is 0 Å². The van der Waals surface area contributed by atoms with Crippen LogP contribution in [-0.2, 0) is 0 Å². The SMILES string of the molecule is COc1cccc(C#Cc2cccs2)n1. The van der Waals surface area contributed by atoms with Crippen molar-refractivity contribution >= 4 is 11.3 Å². The topological polar surface area (TPSA) is 22.1 Å². The van der Waals surface area contributed by atoms with Crippen molar-refractivity contribution in [2.45, 2.75) is 0 Å². The molecule has 0 bridgehead atoms. The standard InChI is InChI=1S/C12H9NOS/c1-14-12-6-2-4-10(13-12)7-8-11-5-3-9-15-11/h2-6,9H,1H3. The van der Waals surface area contributed by atoms with Gasteiger partial charge in [0.2, 0.25) is 5.88 Å². The smallest absolute Gasteiger partial charge is 0.214 e. The molecule has 0 aliphatic rings. The summed E-state index contributed by atoms with van der Waals surface area (Å²) in [6, 6.07) is 9.51. The summed E-state index contributed by atoms with van der Waals surface area (Å²) in [5.41, 5.74) is 0.725. The van der Waals surface area contributed by atoms with Crippen LogP contribution in [0.15, 0.2) is 35.7 Å². The summed E-state index contributed by atoms with van der Waals surface area (Å²) in [5, 5.41) is 2.00. The Hall–Kier alpha value is -1.79. The van der Waals surface area contributed by atoms with Gasteiger partial charge in [-0.25, -0.2) is 4.98 Å². The minimum atomic E-state index is 0.591. The normalized spacial score (nSPS) is 9.13. The molecule has 0 saturated carbocycles. The molecule has 0 aliphatic carbocycles. The van der Waals surface area contributed by atoms with E-state index in [2.05, 4.69) is 16.8 Å². The van der Waals surface area contributed by atoms with Gasteiger partial charge in [-0.2, -0.15) is 0 Å². The molecule has 0 fully saturated rings. The van der Waals surface area contributed by atoms with Gasteiger partial charge >= 0.3 is 0 Å². The van der Waals surface area contributed by atoms with Crippen LogP contribution in [0.5, 0.6) is 5.88 Å². The second-order valence-corrected chi connectivity index (χ2v) is 3.74. The summed E-state index contributed by atoms with van der Waals surface area (Å²) >= 11 is 1.62. The highest BCUT2D eigenvalue weighted by atomic mass is 32.1. The number of nitrogens with zero attached hydrogens (tertiary/aromatic N) is 1. The van der Waals surface area contributed by atoms with Crippen LogP contribution < -0.4 is 4.74 Å². The second-order valence-electron chi connectivity index (χ2n) is 2.79. The molecule has 0 spiro atoms. The highest BCUT2D eigenvalue weighted by molar-refractivity contribution is 7.10. The number of ether oxygens (including phenoxy) is 1. The van der Waals surface area contributed by atoms with E-state index >= 15 is 0 Å². The molecule has 0 aliphatic heterocycles. The lowest BCUT2D eigenvalue weighted by atomic mass is 10.3. The molecule has 3 heteroatoms. The van der Waals surface area contributed by atoms with Crippen molar-refractivity contribution in [1.82, 2.24) is 4.98 Å². The molecule has 0 amide bonds. The minimum Gasteiger partial charge on any atom is -0.481 e. The molecule has 0 saturated heterocycles. The molecule has 2 aromatic rings. The van der Waals surface area contributed by atoms with Crippen molar-refractivity contribution in [3.63, 3.8) is 0 Å². The molecule has 74 valence electrons. The third kappa shape index (κ3) is 2.58. The summed E-state index contributed by atoms with van der Waals surface area (Å²) in [6.07, 6.45) is 0. The van der Waals surface area contributed by atoms with Crippen LogP contribution in [0.25, 0.3) is 0 Å². The maximum Gasteiger partial charge on any atom is 0.214 e. The number of pyridine rings is 1. The zero-order valence-electron chi connectivity index (χ0n) is 8.23. The van der Waals surface area contributed by atoms with E-state index in [9.17, 15) is 0 Å². The van der Waals surface area contributed by atoms with Gasteiger partial charge in [0.1, 0.15) is 5.69 Å². The molecular weight excluding hydrogens is 206 g/mol. The van der Waals surface area contributed by atoms with Crippen LogP contribution in [0.1, 0.15) is 10.6 Å². The fraction of sp³-hybridized carbons (Fsp3) is 0.0833. The quantitative estimate of drug-likeness (QED) is 0.682. The monoisotopic (exact) mass is 215 g/mol. The van der Waals surface area contributed by atoms with Crippen molar-refractivity contribution in [2.75, 3.05) is 7.11 Å². The largest absolute Gasteiger partial charge is 0.481 e. The molecule has 0 aromatic carbocycles. The Morgan fingerprint density at radius 1 is 1.20 bits per heavy atom. The van der Waals surface area contributed by atoms with E-state index in [1.54, 1.807) is 24.5 Å². The molecule has 0 atom stereocenters. The number of aromatic nitrogens is 1. The predicted octanol–water partition coefficient (Wildman–Crippen LogP) is 2.55. The minimum absolute atomic E-state index is 0.591. The lowest BCUT2D eigenvalue weighted by Gasteiger charge is -1.96. The van der Waals surface area contributed by atoms with Crippen molar-refractivity contribution in [1.29, 1.82) is 0 Å². The van der Waals surface area contributed by atoms with E-state index in [-0.39, 0.29) is 0 Å². The average Bonchev–Trinajstić information content (AvgIpc) is 2.79. The molecule has 2 heterocycles. The predicted molar refractivity (Wildman–Crippen MR) is 61.1 cm³/mol. The van der Waals surface area contributed by atoms with E-state index in [1.165, 1.54) is 0 Å². The van der Waals surface area contributed by atoms with Crippen LogP contribution in [0, 0.1) is 11.8 Å². The first kappa shape index (κ1) is 9.75. The maximum atomic E-state index is 5.02. The number of methoxy groups -OCH3 is 1. The van der Waals surface area contributed by atoms with Crippen molar-refractivity contribution in [2.24, 2.45) is 0 Å². The van der Waals surface area contributed by atoms with Gasteiger partial charge in [-0.3, -0.25) is 0 Å². The molecule has 2 nitrogen and oxygen atoms in total. The van der Waals surface area contributed by atoms with E-state index in [1.807, 2.05) is 29.6 Å². The van der Waals surface area contributed by atoms with Gasteiger partial charge in [-0.15, -0.1) is 11.3 Å². The Bertz CT molecular complexity index is 494. The summed E-state index contributed by atoms with van der Waals surface area (Å²) in [7, 11) is 1.60. The summed E-state index contributed by atoms with van der Waals surface area (Å²) in [5.74, 6) is 6.62. The zero-order chi connectivity index (χ0) is 10.5. The fourth-order valence-electron chi connectivity index (χ4n) is 1.07. The fourth-order valence-corrected chi connectivity index (χ4v) is 1.64. The first-order chi connectivity index (χ1) is 7.38. The molecule has 0 N–H and O–H groups in total. The Morgan fingerprint density at radius 2 is 2.13 bits per heavy atom. The third-order valence-electron chi connectivity index (χ3n) is 1.77. The van der Waals surface area contributed by atoms with Crippen LogP contribution in [-0.4, -0.2) is 12.1 Å². The zero-order valence-corrected chi connectivity index (χ0v) is 9.04. The maximum absolute atomic E-state index is 5.02.